The number of halogens is 2. The van der Waals surface area contributed by atoms with Crippen LogP contribution in [0.4, 0.5) is 14.6 Å². The molecular formula is C14H15F2N3O2. The lowest BCUT2D eigenvalue weighted by atomic mass is 10.2. The van der Waals surface area contributed by atoms with Gasteiger partial charge in [-0.3, -0.25) is 4.79 Å². The average Bonchev–Trinajstić information content (AvgIpc) is 2.45. The molecule has 1 aromatic heterocycles. The van der Waals surface area contributed by atoms with Crippen LogP contribution >= 0.6 is 0 Å². The summed E-state index contributed by atoms with van der Waals surface area (Å²) in [6.07, 6.45) is -2.13. The lowest BCUT2D eigenvalue weighted by Crippen LogP contribution is -2.31. The van der Waals surface area contributed by atoms with E-state index in [1.54, 1.807) is 24.3 Å². The van der Waals surface area contributed by atoms with Crippen molar-refractivity contribution in [3.8, 4) is 0 Å². The van der Waals surface area contributed by atoms with E-state index < -0.39 is 18.2 Å². The highest BCUT2D eigenvalue weighted by molar-refractivity contribution is 5.90. The topological polar surface area (TPSA) is 66.3 Å². The quantitative estimate of drug-likeness (QED) is 0.887. The molecule has 112 valence electrons. The second-order valence-corrected chi connectivity index (χ2v) is 4.54. The highest BCUT2D eigenvalue weighted by Gasteiger charge is 2.19. The number of carboxylic acid groups (broad SMARTS) is 1. The fourth-order valence-electron chi connectivity index (χ4n) is 2.11. The van der Waals surface area contributed by atoms with Gasteiger partial charge in [0, 0.05) is 11.9 Å². The summed E-state index contributed by atoms with van der Waals surface area (Å²) >= 11 is 0. The first-order valence-corrected chi connectivity index (χ1v) is 6.54. The van der Waals surface area contributed by atoms with E-state index in [4.69, 9.17) is 5.11 Å². The number of carboxylic acids is 1. The first-order valence-electron chi connectivity index (χ1n) is 6.54. The molecule has 21 heavy (non-hydrogen) atoms. The van der Waals surface area contributed by atoms with Crippen LogP contribution in [0, 0.1) is 0 Å². The SMILES string of the molecule is CCCN(CC(=O)O)c1nc(C(F)F)nc2ccccc12. The molecule has 0 saturated heterocycles. The van der Waals surface area contributed by atoms with Crippen LogP contribution in [0.2, 0.25) is 0 Å². The Balaban J connectivity index is 2.60. The molecule has 0 unspecified atom stereocenters. The zero-order valence-electron chi connectivity index (χ0n) is 11.5. The number of para-hydroxylation sites is 1. The second-order valence-electron chi connectivity index (χ2n) is 4.54. The minimum Gasteiger partial charge on any atom is -0.480 e. The summed E-state index contributed by atoms with van der Waals surface area (Å²) in [4.78, 5) is 20.2. The zero-order valence-corrected chi connectivity index (χ0v) is 11.5. The Bertz CT molecular complexity index is 649. The van der Waals surface area contributed by atoms with Crippen molar-refractivity contribution in [2.45, 2.75) is 19.8 Å². The molecule has 2 rings (SSSR count). The highest BCUT2D eigenvalue weighted by Crippen LogP contribution is 2.27. The number of hydrogen-bond acceptors (Lipinski definition) is 4. The minimum atomic E-state index is -2.80. The zero-order chi connectivity index (χ0) is 15.4. The van der Waals surface area contributed by atoms with Crippen molar-refractivity contribution in [2.24, 2.45) is 0 Å². The van der Waals surface area contributed by atoms with Crippen molar-refractivity contribution in [2.75, 3.05) is 18.0 Å². The monoisotopic (exact) mass is 295 g/mol. The summed E-state index contributed by atoms with van der Waals surface area (Å²) in [6, 6.07) is 6.74. The number of hydrogen-bond donors (Lipinski definition) is 1. The van der Waals surface area contributed by atoms with Crippen LogP contribution in [0.1, 0.15) is 25.6 Å². The van der Waals surface area contributed by atoms with Gasteiger partial charge in [-0.1, -0.05) is 19.1 Å². The van der Waals surface area contributed by atoms with Gasteiger partial charge >= 0.3 is 5.97 Å². The van der Waals surface area contributed by atoms with E-state index in [1.165, 1.54) is 4.90 Å². The normalized spacial score (nSPS) is 11.0. The van der Waals surface area contributed by atoms with Crippen molar-refractivity contribution in [3.05, 3.63) is 30.1 Å². The van der Waals surface area contributed by atoms with Gasteiger partial charge in [-0.15, -0.1) is 0 Å². The number of carbonyl (C=O) groups is 1. The van der Waals surface area contributed by atoms with E-state index in [-0.39, 0.29) is 12.4 Å². The Morgan fingerprint density at radius 2 is 2.05 bits per heavy atom. The van der Waals surface area contributed by atoms with Gasteiger partial charge in [0.05, 0.1) is 5.52 Å². The minimum absolute atomic E-state index is 0.236. The van der Waals surface area contributed by atoms with Gasteiger partial charge in [0.25, 0.3) is 6.43 Å². The number of nitrogens with zero attached hydrogens (tertiary/aromatic N) is 3. The number of aliphatic carboxylic acids is 1. The third-order valence-corrected chi connectivity index (χ3v) is 2.91. The largest absolute Gasteiger partial charge is 0.480 e. The predicted molar refractivity (Wildman–Crippen MR) is 74.6 cm³/mol. The average molecular weight is 295 g/mol. The number of anilines is 1. The molecule has 0 aliphatic carbocycles. The van der Waals surface area contributed by atoms with Crippen molar-refractivity contribution >= 4 is 22.7 Å². The van der Waals surface area contributed by atoms with E-state index in [0.29, 0.717) is 23.9 Å². The van der Waals surface area contributed by atoms with E-state index in [1.807, 2.05) is 6.92 Å². The molecule has 0 atom stereocenters. The number of fused-ring (bicyclic) bond motifs is 1. The third-order valence-electron chi connectivity index (χ3n) is 2.91. The van der Waals surface area contributed by atoms with Crippen molar-refractivity contribution in [1.29, 1.82) is 0 Å². The second kappa shape index (κ2) is 6.43. The van der Waals surface area contributed by atoms with E-state index >= 15 is 0 Å². The van der Waals surface area contributed by atoms with Gasteiger partial charge in [0.1, 0.15) is 12.4 Å². The van der Waals surface area contributed by atoms with Gasteiger partial charge in [0.15, 0.2) is 5.82 Å². The summed E-state index contributed by atoms with van der Waals surface area (Å²) < 4.78 is 25.9. The van der Waals surface area contributed by atoms with Gasteiger partial charge in [-0.2, -0.15) is 0 Å². The predicted octanol–water partition coefficient (Wildman–Crippen LogP) is 2.87. The van der Waals surface area contributed by atoms with Crippen LogP contribution in [-0.2, 0) is 4.79 Å². The molecule has 0 radical (unpaired) electrons. The van der Waals surface area contributed by atoms with Crippen LogP contribution in [0.15, 0.2) is 24.3 Å². The lowest BCUT2D eigenvalue weighted by Gasteiger charge is -2.23. The maximum atomic E-state index is 12.9. The van der Waals surface area contributed by atoms with Crippen molar-refractivity contribution in [1.82, 2.24) is 9.97 Å². The summed E-state index contributed by atoms with van der Waals surface area (Å²) in [5.74, 6) is -1.39. The third kappa shape index (κ3) is 3.42. The van der Waals surface area contributed by atoms with Crippen molar-refractivity contribution < 1.29 is 18.7 Å². The molecule has 0 bridgehead atoms. The van der Waals surface area contributed by atoms with Crippen LogP contribution in [0.3, 0.4) is 0 Å². The molecule has 7 heteroatoms. The van der Waals surface area contributed by atoms with Gasteiger partial charge in [0.2, 0.25) is 0 Å². The molecule has 0 aliphatic rings. The molecule has 0 saturated carbocycles. The van der Waals surface area contributed by atoms with Gasteiger partial charge < -0.3 is 10.0 Å². The Hall–Kier alpha value is -2.31. The van der Waals surface area contributed by atoms with E-state index in [2.05, 4.69) is 9.97 Å². The first kappa shape index (κ1) is 15.1. The number of rotatable bonds is 6. The Kier molecular flexibility index (Phi) is 4.62. The maximum Gasteiger partial charge on any atom is 0.323 e. The number of alkyl halides is 2. The Morgan fingerprint density at radius 1 is 1.33 bits per heavy atom. The lowest BCUT2D eigenvalue weighted by molar-refractivity contribution is -0.135. The molecular weight excluding hydrogens is 280 g/mol. The van der Waals surface area contributed by atoms with Crippen LogP contribution in [-0.4, -0.2) is 34.1 Å². The molecule has 0 fully saturated rings. The van der Waals surface area contributed by atoms with E-state index in [9.17, 15) is 13.6 Å². The van der Waals surface area contributed by atoms with Crippen LogP contribution in [0.5, 0.6) is 0 Å². The first-order chi connectivity index (χ1) is 10.0. The van der Waals surface area contributed by atoms with Crippen LogP contribution in [0.25, 0.3) is 10.9 Å². The smallest absolute Gasteiger partial charge is 0.323 e. The Morgan fingerprint density at radius 3 is 2.67 bits per heavy atom. The number of aromatic nitrogens is 2. The van der Waals surface area contributed by atoms with Crippen LogP contribution < -0.4 is 4.90 Å². The summed E-state index contributed by atoms with van der Waals surface area (Å²) in [6.45, 7) is 2.00. The molecule has 1 aromatic carbocycles. The summed E-state index contributed by atoms with van der Waals surface area (Å²) in [7, 11) is 0. The standard InChI is InChI=1S/C14H15F2N3O2/c1-2-7-19(8-11(20)21)14-9-5-3-4-6-10(9)17-13(18-14)12(15)16/h3-6,12H,2,7-8H2,1H3,(H,20,21). The summed E-state index contributed by atoms with van der Waals surface area (Å²) in [5.41, 5.74) is 0.379. The van der Waals surface area contributed by atoms with E-state index in [0.717, 1.165) is 0 Å². The van der Waals surface area contributed by atoms with Gasteiger partial charge in [-0.25, -0.2) is 18.7 Å². The summed E-state index contributed by atoms with van der Waals surface area (Å²) in [5, 5.41) is 9.56. The fraction of sp³-hybridized carbons (Fsp3) is 0.357. The molecule has 0 aliphatic heterocycles. The number of benzene rings is 1. The molecule has 1 N–H and O–H groups in total. The molecule has 1 heterocycles. The Labute approximate surface area is 120 Å². The van der Waals surface area contributed by atoms with Gasteiger partial charge in [-0.05, 0) is 18.6 Å². The maximum absolute atomic E-state index is 12.9. The highest BCUT2D eigenvalue weighted by atomic mass is 19.3. The molecule has 0 amide bonds. The molecule has 5 nitrogen and oxygen atoms in total. The fourth-order valence-corrected chi connectivity index (χ4v) is 2.11. The van der Waals surface area contributed by atoms with Crippen molar-refractivity contribution in [3.63, 3.8) is 0 Å². The molecule has 0 spiro atoms. The molecule has 2 aromatic rings.